The Labute approximate surface area is 132 Å². The van der Waals surface area contributed by atoms with Gasteiger partial charge in [-0.1, -0.05) is 6.07 Å². The van der Waals surface area contributed by atoms with Crippen LogP contribution in [0.3, 0.4) is 0 Å². The molecule has 21 heavy (non-hydrogen) atoms. The topological polar surface area (TPSA) is 53.4 Å². The van der Waals surface area contributed by atoms with Crippen LogP contribution in [0, 0.1) is 5.92 Å². The van der Waals surface area contributed by atoms with E-state index in [1.165, 1.54) is 11.3 Å². The van der Waals surface area contributed by atoms with Crippen LogP contribution in [0.1, 0.15) is 29.8 Å². The molecule has 1 aliphatic heterocycles. The number of amides is 1. The van der Waals surface area contributed by atoms with Crippen LogP contribution >= 0.6 is 22.7 Å². The average molecular weight is 322 g/mol. The molecule has 1 amide bonds. The van der Waals surface area contributed by atoms with E-state index in [0.29, 0.717) is 11.6 Å². The van der Waals surface area contributed by atoms with Gasteiger partial charge in [0.15, 0.2) is 0 Å². The van der Waals surface area contributed by atoms with Crippen molar-refractivity contribution in [1.82, 2.24) is 9.88 Å². The van der Waals surface area contributed by atoms with Gasteiger partial charge in [-0.05, 0) is 36.6 Å². The minimum absolute atomic E-state index is 0.0247. The number of likely N-dealkylation sites (tertiary alicyclic amines) is 1. The van der Waals surface area contributed by atoms with E-state index in [-0.39, 0.29) is 12.5 Å². The standard InChI is InChI=1S/C15H18N2O2S2/c18-7-5-11-3-1-6-17(9-11)15(19)12-10-21-14(16-12)13-4-2-8-20-13/h2,4,8,10-11,18H,1,3,5-7,9H2. The Balaban J connectivity index is 1.70. The predicted octanol–water partition coefficient (Wildman–Crippen LogP) is 3.11. The summed E-state index contributed by atoms with van der Waals surface area (Å²) in [4.78, 5) is 20.0. The van der Waals surface area contributed by atoms with E-state index in [9.17, 15) is 4.79 Å². The molecule has 0 aromatic carbocycles. The summed E-state index contributed by atoms with van der Waals surface area (Å²) in [5, 5.41) is 13.8. The predicted molar refractivity (Wildman–Crippen MR) is 85.8 cm³/mol. The maximum absolute atomic E-state index is 12.5. The number of aromatic nitrogens is 1. The first-order valence-corrected chi connectivity index (χ1v) is 8.93. The van der Waals surface area contributed by atoms with Gasteiger partial charge in [-0.3, -0.25) is 4.79 Å². The first-order chi connectivity index (χ1) is 10.3. The Hall–Kier alpha value is -1.24. The van der Waals surface area contributed by atoms with Crippen LogP contribution in [-0.4, -0.2) is 40.6 Å². The monoisotopic (exact) mass is 322 g/mol. The fourth-order valence-corrected chi connectivity index (χ4v) is 4.32. The van der Waals surface area contributed by atoms with E-state index >= 15 is 0 Å². The fraction of sp³-hybridized carbons (Fsp3) is 0.467. The van der Waals surface area contributed by atoms with Crippen molar-refractivity contribution in [2.45, 2.75) is 19.3 Å². The number of rotatable bonds is 4. The molecule has 1 unspecified atom stereocenters. The summed E-state index contributed by atoms with van der Waals surface area (Å²) >= 11 is 3.16. The summed E-state index contributed by atoms with van der Waals surface area (Å²) in [5.41, 5.74) is 0.549. The van der Waals surface area contributed by atoms with Crippen LogP contribution in [-0.2, 0) is 0 Å². The Morgan fingerprint density at radius 2 is 2.38 bits per heavy atom. The lowest BCUT2D eigenvalue weighted by Crippen LogP contribution is -2.40. The Morgan fingerprint density at radius 3 is 3.14 bits per heavy atom. The van der Waals surface area contributed by atoms with Crippen molar-refractivity contribution in [3.8, 4) is 9.88 Å². The Morgan fingerprint density at radius 1 is 1.48 bits per heavy atom. The first kappa shape index (κ1) is 14.7. The van der Waals surface area contributed by atoms with Gasteiger partial charge >= 0.3 is 0 Å². The van der Waals surface area contributed by atoms with Gasteiger partial charge in [-0.25, -0.2) is 4.98 Å². The van der Waals surface area contributed by atoms with Gasteiger partial charge in [0.25, 0.3) is 5.91 Å². The van der Waals surface area contributed by atoms with Crippen molar-refractivity contribution >= 4 is 28.6 Å². The quantitative estimate of drug-likeness (QED) is 0.941. The zero-order valence-electron chi connectivity index (χ0n) is 11.7. The number of carbonyl (C=O) groups is 1. The second kappa shape index (κ2) is 6.68. The molecule has 0 saturated carbocycles. The van der Waals surface area contributed by atoms with Gasteiger partial charge in [0.1, 0.15) is 10.7 Å². The van der Waals surface area contributed by atoms with Gasteiger partial charge in [0.05, 0.1) is 4.88 Å². The molecule has 2 aromatic rings. The number of piperidine rings is 1. The molecule has 1 atom stereocenters. The number of hydrogen-bond acceptors (Lipinski definition) is 5. The summed E-state index contributed by atoms with van der Waals surface area (Å²) in [6.45, 7) is 1.74. The second-order valence-corrected chi connectivity index (χ2v) is 7.09. The van der Waals surface area contributed by atoms with Gasteiger partial charge in [-0.15, -0.1) is 22.7 Å². The average Bonchev–Trinajstić information content (AvgIpc) is 3.18. The number of hydrogen-bond donors (Lipinski definition) is 1. The third kappa shape index (κ3) is 3.33. The molecule has 0 radical (unpaired) electrons. The zero-order chi connectivity index (χ0) is 14.7. The number of nitrogens with zero attached hydrogens (tertiary/aromatic N) is 2. The van der Waals surface area contributed by atoms with Crippen molar-refractivity contribution in [2.75, 3.05) is 19.7 Å². The largest absolute Gasteiger partial charge is 0.396 e. The molecule has 0 spiro atoms. The molecule has 1 aliphatic rings. The van der Waals surface area contributed by atoms with E-state index in [0.717, 1.165) is 42.2 Å². The third-order valence-electron chi connectivity index (χ3n) is 3.80. The smallest absolute Gasteiger partial charge is 0.273 e. The molecular formula is C15H18N2O2S2. The fourth-order valence-electron chi connectivity index (χ4n) is 2.72. The highest BCUT2D eigenvalue weighted by Gasteiger charge is 2.25. The summed E-state index contributed by atoms with van der Waals surface area (Å²) < 4.78 is 0. The highest BCUT2D eigenvalue weighted by molar-refractivity contribution is 7.20. The normalized spacial score (nSPS) is 18.9. The lowest BCUT2D eigenvalue weighted by Gasteiger charge is -2.32. The maximum atomic E-state index is 12.5. The number of carbonyl (C=O) groups excluding carboxylic acids is 1. The molecule has 6 heteroatoms. The third-order valence-corrected chi connectivity index (χ3v) is 5.68. The number of thiazole rings is 1. The van der Waals surface area contributed by atoms with Crippen molar-refractivity contribution in [3.63, 3.8) is 0 Å². The summed E-state index contributed by atoms with van der Waals surface area (Å²) in [7, 11) is 0. The van der Waals surface area contributed by atoms with Crippen LogP contribution < -0.4 is 0 Å². The zero-order valence-corrected chi connectivity index (χ0v) is 13.3. The van der Waals surface area contributed by atoms with Gasteiger partial charge < -0.3 is 10.0 Å². The van der Waals surface area contributed by atoms with Crippen LogP contribution in [0.25, 0.3) is 9.88 Å². The SMILES string of the molecule is O=C(c1csc(-c2cccs2)n1)N1CCCC(CCO)C1. The lowest BCUT2D eigenvalue weighted by molar-refractivity contribution is 0.0648. The number of thiophene rings is 1. The number of aliphatic hydroxyl groups is 1. The van der Waals surface area contributed by atoms with E-state index in [1.54, 1.807) is 11.3 Å². The summed E-state index contributed by atoms with van der Waals surface area (Å²) in [6.07, 6.45) is 2.89. The molecule has 3 heterocycles. The first-order valence-electron chi connectivity index (χ1n) is 7.17. The molecule has 2 aromatic heterocycles. The molecule has 4 nitrogen and oxygen atoms in total. The molecule has 0 aliphatic carbocycles. The minimum Gasteiger partial charge on any atom is -0.396 e. The molecule has 112 valence electrons. The Kier molecular flexibility index (Phi) is 4.67. The second-order valence-electron chi connectivity index (χ2n) is 5.29. The molecule has 1 saturated heterocycles. The lowest BCUT2D eigenvalue weighted by atomic mass is 9.95. The van der Waals surface area contributed by atoms with Gasteiger partial charge in [-0.2, -0.15) is 0 Å². The van der Waals surface area contributed by atoms with Crippen LogP contribution in [0.2, 0.25) is 0 Å². The highest BCUT2D eigenvalue weighted by Crippen LogP contribution is 2.29. The minimum atomic E-state index is 0.0247. The molecular weight excluding hydrogens is 304 g/mol. The van der Waals surface area contributed by atoms with E-state index in [1.807, 2.05) is 27.8 Å². The summed E-state index contributed by atoms with van der Waals surface area (Å²) in [5.74, 6) is 0.444. The summed E-state index contributed by atoms with van der Waals surface area (Å²) in [6, 6.07) is 4.02. The Bertz CT molecular complexity index is 593. The van der Waals surface area contributed by atoms with Crippen molar-refractivity contribution in [3.05, 3.63) is 28.6 Å². The van der Waals surface area contributed by atoms with E-state index in [2.05, 4.69) is 4.98 Å². The van der Waals surface area contributed by atoms with Crippen molar-refractivity contribution in [2.24, 2.45) is 5.92 Å². The van der Waals surface area contributed by atoms with E-state index < -0.39 is 0 Å². The molecule has 1 N–H and O–H groups in total. The number of aliphatic hydroxyl groups excluding tert-OH is 1. The van der Waals surface area contributed by atoms with Crippen LogP contribution in [0.5, 0.6) is 0 Å². The van der Waals surface area contributed by atoms with Gasteiger partial charge in [0, 0.05) is 25.1 Å². The van der Waals surface area contributed by atoms with Crippen LogP contribution in [0.4, 0.5) is 0 Å². The molecule has 0 bridgehead atoms. The van der Waals surface area contributed by atoms with Crippen LogP contribution in [0.15, 0.2) is 22.9 Å². The highest BCUT2D eigenvalue weighted by atomic mass is 32.1. The maximum Gasteiger partial charge on any atom is 0.273 e. The van der Waals surface area contributed by atoms with Crippen molar-refractivity contribution in [1.29, 1.82) is 0 Å². The van der Waals surface area contributed by atoms with Crippen molar-refractivity contribution < 1.29 is 9.90 Å². The van der Waals surface area contributed by atoms with Gasteiger partial charge in [0.2, 0.25) is 0 Å². The van der Waals surface area contributed by atoms with E-state index in [4.69, 9.17) is 5.11 Å². The molecule has 3 rings (SSSR count). The molecule has 1 fully saturated rings.